The van der Waals surface area contributed by atoms with E-state index < -0.39 is 0 Å². The smallest absolute Gasteiger partial charge is 0.253 e. The van der Waals surface area contributed by atoms with Crippen molar-refractivity contribution in [3.05, 3.63) is 29.8 Å². The van der Waals surface area contributed by atoms with E-state index in [1.165, 1.54) is 4.90 Å². The van der Waals surface area contributed by atoms with Crippen molar-refractivity contribution in [1.29, 1.82) is 0 Å². The van der Waals surface area contributed by atoms with Crippen molar-refractivity contribution in [2.75, 3.05) is 19.4 Å². The highest BCUT2D eigenvalue weighted by molar-refractivity contribution is 5.95. The molecule has 0 fully saturated rings. The maximum Gasteiger partial charge on any atom is 0.253 e. The van der Waals surface area contributed by atoms with Crippen molar-refractivity contribution in [2.24, 2.45) is 5.92 Å². The van der Waals surface area contributed by atoms with Crippen LogP contribution in [0.15, 0.2) is 24.3 Å². The number of carbonyl (C=O) groups excluding carboxylic acids is 2. The first-order valence-corrected chi connectivity index (χ1v) is 6.08. The molecule has 18 heavy (non-hydrogen) atoms. The second-order valence-electron chi connectivity index (χ2n) is 4.58. The summed E-state index contributed by atoms with van der Waals surface area (Å²) < 4.78 is 0. The first-order chi connectivity index (χ1) is 8.45. The van der Waals surface area contributed by atoms with Gasteiger partial charge in [0.2, 0.25) is 5.91 Å². The minimum absolute atomic E-state index is 0.00388. The van der Waals surface area contributed by atoms with Gasteiger partial charge in [-0.3, -0.25) is 9.59 Å². The molecule has 1 atom stereocenters. The molecule has 0 bridgehead atoms. The van der Waals surface area contributed by atoms with Crippen molar-refractivity contribution in [1.82, 2.24) is 4.90 Å². The van der Waals surface area contributed by atoms with E-state index >= 15 is 0 Å². The Balaban J connectivity index is 2.72. The summed E-state index contributed by atoms with van der Waals surface area (Å²) in [6.45, 7) is 3.86. The maximum atomic E-state index is 11.7. The highest BCUT2D eigenvalue weighted by Gasteiger charge is 2.11. The van der Waals surface area contributed by atoms with Crippen LogP contribution in [-0.2, 0) is 4.79 Å². The number of anilines is 1. The third-order valence-corrected chi connectivity index (χ3v) is 2.87. The van der Waals surface area contributed by atoms with Crippen molar-refractivity contribution in [2.45, 2.75) is 20.3 Å². The van der Waals surface area contributed by atoms with Crippen molar-refractivity contribution >= 4 is 17.5 Å². The number of hydrogen-bond donors (Lipinski definition) is 1. The van der Waals surface area contributed by atoms with E-state index in [2.05, 4.69) is 5.32 Å². The molecule has 0 heterocycles. The molecule has 1 rings (SSSR count). The molecule has 4 nitrogen and oxygen atoms in total. The van der Waals surface area contributed by atoms with Gasteiger partial charge >= 0.3 is 0 Å². The molecule has 1 N–H and O–H groups in total. The third-order valence-electron chi connectivity index (χ3n) is 2.87. The van der Waals surface area contributed by atoms with Crippen LogP contribution in [0.2, 0.25) is 0 Å². The summed E-state index contributed by atoms with van der Waals surface area (Å²) in [6.07, 6.45) is 0.809. The van der Waals surface area contributed by atoms with Crippen LogP contribution in [-0.4, -0.2) is 30.8 Å². The van der Waals surface area contributed by atoms with E-state index in [1.807, 2.05) is 13.8 Å². The lowest BCUT2D eigenvalue weighted by Crippen LogP contribution is -2.22. The summed E-state index contributed by atoms with van der Waals surface area (Å²) in [5.41, 5.74) is 1.33. The van der Waals surface area contributed by atoms with E-state index in [9.17, 15) is 9.59 Å². The molecule has 0 unspecified atom stereocenters. The minimum Gasteiger partial charge on any atom is -0.345 e. The molecule has 0 saturated heterocycles. The molecule has 0 aliphatic carbocycles. The Morgan fingerprint density at radius 2 is 1.78 bits per heavy atom. The van der Waals surface area contributed by atoms with Gasteiger partial charge in [-0.25, -0.2) is 0 Å². The van der Waals surface area contributed by atoms with E-state index in [-0.39, 0.29) is 17.7 Å². The first-order valence-electron chi connectivity index (χ1n) is 6.08. The zero-order valence-corrected chi connectivity index (χ0v) is 11.4. The number of nitrogens with one attached hydrogen (secondary N) is 1. The number of benzene rings is 1. The molecule has 2 amide bonds. The van der Waals surface area contributed by atoms with Crippen LogP contribution in [0.1, 0.15) is 30.6 Å². The Hall–Kier alpha value is -1.84. The van der Waals surface area contributed by atoms with Crippen LogP contribution in [0.3, 0.4) is 0 Å². The first kappa shape index (κ1) is 14.2. The molecular weight excluding hydrogens is 228 g/mol. The summed E-state index contributed by atoms with van der Waals surface area (Å²) >= 11 is 0. The number of hydrogen-bond acceptors (Lipinski definition) is 2. The summed E-state index contributed by atoms with van der Waals surface area (Å²) in [7, 11) is 3.42. The molecule has 0 aliphatic rings. The summed E-state index contributed by atoms with van der Waals surface area (Å²) in [5, 5.41) is 2.82. The Bertz CT molecular complexity index is 424. The molecule has 0 aliphatic heterocycles. The lowest BCUT2D eigenvalue weighted by atomic mass is 10.1. The van der Waals surface area contributed by atoms with Crippen LogP contribution in [0.25, 0.3) is 0 Å². The Morgan fingerprint density at radius 1 is 1.22 bits per heavy atom. The van der Waals surface area contributed by atoms with Gasteiger partial charge in [0, 0.05) is 31.3 Å². The van der Waals surface area contributed by atoms with E-state index in [1.54, 1.807) is 38.4 Å². The molecule has 0 radical (unpaired) electrons. The Kier molecular flexibility index (Phi) is 4.89. The molecule has 0 aromatic heterocycles. The van der Waals surface area contributed by atoms with Crippen LogP contribution >= 0.6 is 0 Å². The van der Waals surface area contributed by atoms with Crippen molar-refractivity contribution in [3.63, 3.8) is 0 Å². The van der Waals surface area contributed by atoms with Gasteiger partial charge in [0.05, 0.1) is 0 Å². The SMILES string of the molecule is CC[C@H](C)C(=O)Nc1ccc(C(=O)N(C)C)cc1. The molecule has 0 saturated carbocycles. The topological polar surface area (TPSA) is 49.4 Å². The van der Waals surface area contributed by atoms with Crippen LogP contribution < -0.4 is 5.32 Å². The average molecular weight is 248 g/mol. The summed E-state index contributed by atoms with van der Waals surface area (Å²) in [6, 6.07) is 6.93. The highest BCUT2D eigenvalue weighted by atomic mass is 16.2. The zero-order valence-electron chi connectivity index (χ0n) is 11.4. The number of rotatable bonds is 4. The van der Waals surface area contributed by atoms with Gasteiger partial charge in [-0.1, -0.05) is 13.8 Å². The molecule has 0 spiro atoms. The van der Waals surface area contributed by atoms with Gasteiger partial charge < -0.3 is 10.2 Å². The van der Waals surface area contributed by atoms with Gasteiger partial charge in [0.1, 0.15) is 0 Å². The third kappa shape index (κ3) is 3.58. The van der Waals surface area contributed by atoms with Crippen molar-refractivity contribution < 1.29 is 9.59 Å². The van der Waals surface area contributed by atoms with Gasteiger partial charge in [-0.2, -0.15) is 0 Å². The van der Waals surface area contributed by atoms with Gasteiger partial charge in [0.15, 0.2) is 0 Å². The predicted molar refractivity (Wildman–Crippen MR) is 72.5 cm³/mol. The number of nitrogens with zero attached hydrogens (tertiary/aromatic N) is 1. The Labute approximate surface area is 108 Å². The molecule has 1 aromatic carbocycles. The van der Waals surface area contributed by atoms with E-state index in [0.29, 0.717) is 5.56 Å². The summed E-state index contributed by atoms with van der Waals surface area (Å²) in [4.78, 5) is 24.9. The number of amides is 2. The lowest BCUT2D eigenvalue weighted by Gasteiger charge is -2.12. The number of carbonyl (C=O) groups is 2. The average Bonchev–Trinajstić information content (AvgIpc) is 2.37. The quantitative estimate of drug-likeness (QED) is 0.889. The Morgan fingerprint density at radius 3 is 2.22 bits per heavy atom. The van der Waals surface area contributed by atoms with Gasteiger partial charge in [-0.05, 0) is 30.7 Å². The minimum atomic E-state index is -0.0465. The lowest BCUT2D eigenvalue weighted by molar-refractivity contribution is -0.119. The highest BCUT2D eigenvalue weighted by Crippen LogP contribution is 2.13. The van der Waals surface area contributed by atoms with E-state index in [0.717, 1.165) is 12.1 Å². The monoisotopic (exact) mass is 248 g/mol. The fraction of sp³-hybridized carbons (Fsp3) is 0.429. The van der Waals surface area contributed by atoms with Crippen LogP contribution in [0, 0.1) is 5.92 Å². The molecule has 1 aromatic rings. The normalized spacial score (nSPS) is 11.8. The zero-order chi connectivity index (χ0) is 13.7. The molecular formula is C14H20N2O2. The predicted octanol–water partition coefficient (Wildman–Crippen LogP) is 2.37. The fourth-order valence-electron chi connectivity index (χ4n) is 1.41. The largest absolute Gasteiger partial charge is 0.345 e. The van der Waals surface area contributed by atoms with Crippen LogP contribution in [0.4, 0.5) is 5.69 Å². The summed E-state index contributed by atoms with van der Waals surface area (Å²) in [5.74, 6) is -0.0490. The standard InChI is InChI=1S/C14H20N2O2/c1-5-10(2)13(17)15-12-8-6-11(7-9-12)14(18)16(3)4/h6-10H,5H2,1-4H3,(H,15,17)/t10-/m0/s1. The van der Waals surface area contributed by atoms with Gasteiger partial charge in [0.25, 0.3) is 5.91 Å². The fourth-order valence-corrected chi connectivity index (χ4v) is 1.41. The van der Waals surface area contributed by atoms with Gasteiger partial charge in [-0.15, -0.1) is 0 Å². The van der Waals surface area contributed by atoms with E-state index in [4.69, 9.17) is 0 Å². The second-order valence-corrected chi connectivity index (χ2v) is 4.58. The maximum absolute atomic E-state index is 11.7. The molecule has 4 heteroatoms. The van der Waals surface area contributed by atoms with Crippen molar-refractivity contribution in [3.8, 4) is 0 Å². The second kappa shape index (κ2) is 6.19. The molecule has 98 valence electrons. The van der Waals surface area contributed by atoms with Crippen LogP contribution in [0.5, 0.6) is 0 Å².